The van der Waals surface area contributed by atoms with Gasteiger partial charge in [0, 0.05) is 12.2 Å². The zero-order valence-electron chi connectivity index (χ0n) is 11.6. The largest absolute Gasteiger partial charge is 0.469 e. The molecule has 1 aliphatic rings. The van der Waals surface area contributed by atoms with E-state index in [4.69, 9.17) is 0 Å². The molecule has 1 saturated carbocycles. The van der Waals surface area contributed by atoms with Gasteiger partial charge in [-0.3, -0.25) is 4.79 Å². The van der Waals surface area contributed by atoms with Gasteiger partial charge >= 0.3 is 5.97 Å². The summed E-state index contributed by atoms with van der Waals surface area (Å²) in [6.07, 6.45) is 4.39. The second-order valence-corrected chi connectivity index (χ2v) is 5.96. The minimum Gasteiger partial charge on any atom is -0.469 e. The van der Waals surface area contributed by atoms with Crippen LogP contribution in [0.25, 0.3) is 0 Å². The second kappa shape index (κ2) is 7.58. The first-order valence-corrected chi connectivity index (χ1v) is 7.85. The Morgan fingerprint density at radius 1 is 1.45 bits per heavy atom. The minimum absolute atomic E-state index is 0.182. The van der Waals surface area contributed by atoms with Crippen LogP contribution in [0.15, 0.2) is 5.16 Å². The standard InChI is InChI=1S/C12H20N4O3S/c1-19-11(18)3-2-8-20-12-13-14-15-16(12)9-4-6-10(17)7-5-9/h9-10,17H,2-8H2,1H3. The van der Waals surface area contributed by atoms with Gasteiger partial charge in [0.15, 0.2) is 0 Å². The summed E-state index contributed by atoms with van der Waals surface area (Å²) in [5.74, 6) is 0.594. The van der Waals surface area contributed by atoms with E-state index in [1.54, 1.807) is 11.8 Å². The van der Waals surface area contributed by atoms with Crippen LogP contribution < -0.4 is 0 Å². The zero-order chi connectivity index (χ0) is 14.4. The lowest BCUT2D eigenvalue weighted by atomic mass is 9.93. The van der Waals surface area contributed by atoms with Crippen molar-refractivity contribution in [2.75, 3.05) is 12.9 Å². The van der Waals surface area contributed by atoms with Gasteiger partial charge in [0.25, 0.3) is 0 Å². The Labute approximate surface area is 122 Å². The van der Waals surface area contributed by atoms with Crippen LogP contribution in [-0.2, 0) is 9.53 Å². The number of thioether (sulfide) groups is 1. The normalized spacial score (nSPS) is 22.7. The molecule has 0 unspecified atom stereocenters. The average Bonchev–Trinajstić information content (AvgIpc) is 2.92. The molecule has 0 saturated heterocycles. The quantitative estimate of drug-likeness (QED) is 0.479. The number of aromatic nitrogens is 4. The first-order chi connectivity index (χ1) is 9.70. The smallest absolute Gasteiger partial charge is 0.305 e. The van der Waals surface area contributed by atoms with E-state index in [9.17, 15) is 9.90 Å². The number of methoxy groups -OCH3 is 1. The van der Waals surface area contributed by atoms with Gasteiger partial charge in [0.05, 0.1) is 19.3 Å². The predicted molar refractivity (Wildman–Crippen MR) is 73.3 cm³/mol. The molecule has 1 aliphatic carbocycles. The summed E-state index contributed by atoms with van der Waals surface area (Å²) < 4.78 is 6.45. The molecule has 1 heterocycles. The number of aliphatic hydroxyl groups is 1. The van der Waals surface area contributed by atoms with E-state index in [1.165, 1.54) is 7.11 Å². The highest BCUT2D eigenvalue weighted by Crippen LogP contribution is 2.30. The van der Waals surface area contributed by atoms with Gasteiger partial charge in [0.2, 0.25) is 5.16 Å². The van der Waals surface area contributed by atoms with Crippen molar-refractivity contribution in [2.24, 2.45) is 0 Å². The van der Waals surface area contributed by atoms with Crippen molar-refractivity contribution in [1.82, 2.24) is 20.2 Å². The highest BCUT2D eigenvalue weighted by atomic mass is 32.2. The monoisotopic (exact) mass is 300 g/mol. The molecule has 20 heavy (non-hydrogen) atoms. The number of esters is 1. The van der Waals surface area contributed by atoms with Gasteiger partial charge in [-0.15, -0.1) is 5.10 Å². The molecule has 1 aromatic heterocycles. The SMILES string of the molecule is COC(=O)CCCSc1nnnn1C1CCC(O)CC1. The number of rotatable bonds is 6. The summed E-state index contributed by atoms with van der Waals surface area (Å²) in [4.78, 5) is 11.0. The molecule has 0 amide bonds. The fourth-order valence-corrected chi connectivity index (χ4v) is 3.18. The number of carbonyl (C=O) groups excluding carboxylic acids is 1. The van der Waals surface area contributed by atoms with Crippen LogP contribution in [0, 0.1) is 0 Å². The van der Waals surface area contributed by atoms with E-state index >= 15 is 0 Å². The van der Waals surface area contributed by atoms with E-state index in [0.29, 0.717) is 6.42 Å². The summed E-state index contributed by atoms with van der Waals surface area (Å²) >= 11 is 1.56. The third kappa shape index (κ3) is 4.17. The Morgan fingerprint density at radius 3 is 2.90 bits per heavy atom. The average molecular weight is 300 g/mol. The fourth-order valence-electron chi connectivity index (χ4n) is 2.29. The number of hydrogen-bond acceptors (Lipinski definition) is 7. The molecule has 0 atom stereocenters. The van der Waals surface area contributed by atoms with Gasteiger partial charge in [-0.1, -0.05) is 11.8 Å². The van der Waals surface area contributed by atoms with Crippen molar-refractivity contribution in [2.45, 2.75) is 55.8 Å². The molecule has 0 radical (unpaired) electrons. The maximum Gasteiger partial charge on any atom is 0.305 e. The van der Waals surface area contributed by atoms with Crippen LogP contribution in [0.5, 0.6) is 0 Å². The molecule has 112 valence electrons. The lowest BCUT2D eigenvalue weighted by Crippen LogP contribution is -2.22. The fraction of sp³-hybridized carbons (Fsp3) is 0.833. The van der Waals surface area contributed by atoms with Crippen LogP contribution >= 0.6 is 11.8 Å². The van der Waals surface area contributed by atoms with Crippen molar-refractivity contribution >= 4 is 17.7 Å². The van der Waals surface area contributed by atoms with Crippen LogP contribution in [0.4, 0.5) is 0 Å². The molecule has 0 aliphatic heterocycles. The molecule has 0 spiro atoms. The van der Waals surface area contributed by atoms with E-state index in [-0.39, 0.29) is 18.1 Å². The van der Waals surface area contributed by atoms with E-state index < -0.39 is 0 Å². The number of ether oxygens (including phenoxy) is 1. The van der Waals surface area contributed by atoms with Crippen LogP contribution in [-0.4, -0.2) is 50.2 Å². The zero-order valence-corrected chi connectivity index (χ0v) is 12.4. The molecule has 8 heteroatoms. The molecule has 7 nitrogen and oxygen atoms in total. The molecule has 1 N–H and O–H groups in total. The number of hydrogen-bond donors (Lipinski definition) is 1. The van der Waals surface area contributed by atoms with Gasteiger partial charge in [0.1, 0.15) is 0 Å². The maximum atomic E-state index is 11.0. The highest BCUT2D eigenvalue weighted by molar-refractivity contribution is 7.99. The van der Waals surface area contributed by atoms with Crippen molar-refractivity contribution in [3.05, 3.63) is 0 Å². The lowest BCUT2D eigenvalue weighted by Gasteiger charge is -2.25. The van der Waals surface area contributed by atoms with Crippen molar-refractivity contribution in [3.63, 3.8) is 0 Å². The van der Waals surface area contributed by atoms with Crippen LogP contribution in [0.2, 0.25) is 0 Å². The van der Waals surface area contributed by atoms with E-state index in [1.807, 2.05) is 4.68 Å². The van der Waals surface area contributed by atoms with Gasteiger partial charge in [-0.2, -0.15) is 0 Å². The lowest BCUT2D eigenvalue weighted by molar-refractivity contribution is -0.140. The number of carbonyl (C=O) groups is 1. The molecule has 0 aromatic carbocycles. The first-order valence-electron chi connectivity index (χ1n) is 6.86. The van der Waals surface area contributed by atoms with Crippen LogP contribution in [0.1, 0.15) is 44.6 Å². The Balaban J connectivity index is 1.81. The minimum atomic E-state index is -0.188. The summed E-state index contributed by atoms with van der Waals surface area (Å²) in [6.45, 7) is 0. The molecule has 1 fully saturated rings. The van der Waals surface area contributed by atoms with Gasteiger partial charge < -0.3 is 9.84 Å². The Bertz CT molecular complexity index is 432. The number of tetrazole rings is 1. The van der Waals surface area contributed by atoms with Crippen molar-refractivity contribution < 1.29 is 14.6 Å². The summed E-state index contributed by atoms with van der Waals surface area (Å²) in [5, 5.41) is 22.1. The van der Waals surface area contributed by atoms with Crippen molar-refractivity contribution in [3.8, 4) is 0 Å². The number of aliphatic hydroxyl groups excluding tert-OH is 1. The summed E-state index contributed by atoms with van der Waals surface area (Å²) in [7, 11) is 1.40. The van der Waals surface area contributed by atoms with Gasteiger partial charge in [-0.25, -0.2) is 4.68 Å². The second-order valence-electron chi connectivity index (χ2n) is 4.90. The van der Waals surface area contributed by atoms with Gasteiger partial charge in [-0.05, 0) is 42.5 Å². The summed E-state index contributed by atoms with van der Waals surface area (Å²) in [6, 6.07) is 0.275. The highest BCUT2D eigenvalue weighted by Gasteiger charge is 2.24. The first kappa shape index (κ1) is 15.2. The number of nitrogens with zero attached hydrogens (tertiary/aromatic N) is 4. The molecule has 2 rings (SSSR count). The molecular formula is C12H20N4O3S. The third-order valence-electron chi connectivity index (χ3n) is 3.46. The predicted octanol–water partition coefficient (Wildman–Crippen LogP) is 1.19. The van der Waals surface area contributed by atoms with E-state index in [2.05, 4.69) is 20.3 Å². The topological polar surface area (TPSA) is 90.1 Å². The Kier molecular flexibility index (Phi) is 5.78. The molecule has 1 aromatic rings. The van der Waals surface area contributed by atoms with E-state index in [0.717, 1.165) is 43.0 Å². The molecular weight excluding hydrogens is 280 g/mol. The maximum absolute atomic E-state index is 11.0. The van der Waals surface area contributed by atoms with Crippen LogP contribution in [0.3, 0.4) is 0 Å². The Hall–Kier alpha value is -1.15. The third-order valence-corrected chi connectivity index (χ3v) is 4.48. The summed E-state index contributed by atoms with van der Waals surface area (Å²) in [5.41, 5.74) is 0. The van der Waals surface area contributed by atoms with Crippen molar-refractivity contribution in [1.29, 1.82) is 0 Å². The Morgan fingerprint density at radius 2 is 2.20 bits per heavy atom. The molecule has 0 bridgehead atoms.